The van der Waals surface area contributed by atoms with E-state index >= 15 is 0 Å². The number of hydrogen-bond acceptors (Lipinski definition) is 5. The number of halogens is 1. The molecule has 0 aliphatic carbocycles. The van der Waals surface area contributed by atoms with Gasteiger partial charge in [-0.25, -0.2) is 9.38 Å². The van der Waals surface area contributed by atoms with Crippen molar-refractivity contribution in [2.45, 2.75) is 19.5 Å². The number of hydrogen-bond donors (Lipinski definition) is 2. The minimum atomic E-state index is -0.368. The van der Waals surface area contributed by atoms with Crippen molar-refractivity contribution in [3.05, 3.63) is 65.0 Å². The van der Waals surface area contributed by atoms with Gasteiger partial charge in [-0.2, -0.15) is 5.26 Å². The number of morpholine rings is 1. The van der Waals surface area contributed by atoms with Crippen molar-refractivity contribution in [2.24, 2.45) is 4.99 Å². The molecule has 1 atom stereocenters. The first kappa shape index (κ1) is 23.5. The van der Waals surface area contributed by atoms with Crippen molar-refractivity contribution >= 4 is 5.96 Å². The molecule has 0 radical (unpaired) electrons. The van der Waals surface area contributed by atoms with E-state index in [0.717, 1.165) is 18.8 Å². The molecular weight excluding hydrogens is 409 g/mol. The van der Waals surface area contributed by atoms with E-state index in [9.17, 15) is 4.39 Å². The number of ether oxygens (including phenoxy) is 2. The molecule has 0 aromatic heterocycles. The fourth-order valence-electron chi connectivity index (χ4n) is 3.64. The van der Waals surface area contributed by atoms with Crippen molar-refractivity contribution < 1.29 is 13.9 Å². The number of benzene rings is 2. The first-order valence-corrected chi connectivity index (χ1v) is 10.8. The van der Waals surface area contributed by atoms with Crippen LogP contribution in [-0.2, 0) is 11.3 Å². The Hall–Kier alpha value is -3.15. The maximum atomic E-state index is 14.1. The molecule has 8 heteroatoms. The highest BCUT2D eigenvalue weighted by Gasteiger charge is 2.23. The molecule has 0 spiro atoms. The smallest absolute Gasteiger partial charge is 0.191 e. The second-order valence-electron chi connectivity index (χ2n) is 7.43. The van der Waals surface area contributed by atoms with E-state index in [2.05, 4.69) is 32.7 Å². The Morgan fingerprint density at radius 3 is 2.62 bits per heavy atom. The minimum absolute atomic E-state index is 0.118. The molecule has 0 bridgehead atoms. The first-order chi connectivity index (χ1) is 15.6. The second-order valence-corrected chi connectivity index (χ2v) is 7.43. The van der Waals surface area contributed by atoms with Crippen LogP contribution >= 0.6 is 0 Å². The molecule has 2 N–H and O–H groups in total. The van der Waals surface area contributed by atoms with E-state index in [1.807, 2.05) is 25.1 Å². The van der Waals surface area contributed by atoms with Crippen molar-refractivity contribution in [3.8, 4) is 11.8 Å². The molecular formula is C24H30FN5O2. The number of nitriles is 1. The highest BCUT2D eigenvalue weighted by Crippen LogP contribution is 2.23. The third kappa shape index (κ3) is 6.42. The average molecular weight is 440 g/mol. The van der Waals surface area contributed by atoms with Crippen LogP contribution in [0.3, 0.4) is 0 Å². The van der Waals surface area contributed by atoms with E-state index < -0.39 is 0 Å². The number of aliphatic imine (C=N–C) groups is 1. The third-order valence-corrected chi connectivity index (χ3v) is 5.38. The summed E-state index contributed by atoms with van der Waals surface area (Å²) in [5.74, 6) is 1.05. The normalized spacial score (nSPS) is 15.6. The monoisotopic (exact) mass is 439 g/mol. The van der Waals surface area contributed by atoms with Gasteiger partial charge in [0.15, 0.2) is 5.96 Å². The van der Waals surface area contributed by atoms with Crippen LogP contribution in [0.15, 0.2) is 47.5 Å². The fraction of sp³-hybridized carbons (Fsp3) is 0.417. The summed E-state index contributed by atoms with van der Waals surface area (Å²) in [5, 5.41) is 15.7. The van der Waals surface area contributed by atoms with Gasteiger partial charge in [0.25, 0.3) is 0 Å². The van der Waals surface area contributed by atoms with Gasteiger partial charge < -0.3 is 20.1 Å². The summed E-state index contributed by atoms with van der Waals surface area (Å²) in [5.41, 5.74) is 1.98. The molecule has 7 nitrogen and oxygen atoms in total. The lowest BCUT2D eigenvalue weighted by atomic mass is 10.0. The third-order valence-electron chi connectivity index (χ3n) is 5.38. The first-order valence-electron chi connectivity index (χ1n) is 10.8. The zero-order valence-electron chi connectivity index (χ0n) is 18.6. The van der Waals surface area contributed by atoms with Gasteiger partial charge in [0.05, 0.1) is 44.5 Å². The SMILES string of the molecule is CCNC(=NCc1cc(C#N)ccc1F)NCC(c1ccc(OC)cc1)N1CCOCC1. The molecule has 0 amide bonds. The summed E-state index contributed by atoms with van der Waals surface area (Å²) in [6.45, 7) is 6.52. The molecule has 2 aromatic carbocycles. The Balaban J connectivity index is 1.74. The fourth-order valence-corrected chi connectivity index (χ4v) is 3.64. The molecule has 1 saturated heterocycles. The predicted octanol–water partition coefficient (Wildman–Crippen LogP) is 2.83. The molecule has 1 aliphatic rings. The van der Waals surface area contributed by atoms with Crippen LogP contribution in [0.1, 0.15) is 29.7 Å². The van der Waals surface area contributed by atoms with Crippen molar-refractivity contribution in [1.82, 2.24) is 15.5 Å². The highest BCUT2D eigenvalue weighted by molar-refractivity contribution is 5.79. The van der Waals surface area contributed by atoms with Crippen molar-refractivity contribution in [1.29, 1.82) is 5.26 Å². The molecule has 0 saturated carbocycles. The number of nitrogens with zero attached hydrogens (tertiary/aromatic N) is 3. The number of nitrogens with one attached hydrogen (secondary N) is 2. The van der Waals surface area contributed by atoms with Gasteiger partial charge in [-0.05, 0) is 42.8 Å². The van der Waals surface area contributed by atoms with Crippen LogP contribution in [0.4, 0.5) is 4.39 Å². The van der Waals surface area contributed by atoms with Gasteiger partial charge in [-0.15, -0.1) is 0 Å². The van der Waals surface area contributed by atoms with E-state index in [4.69, 9.17) is 14.7 Å². The predicted molar refractivity (Wildman–Crippen MR) is 122 cm³/mol. The molecule has 170 valence electrons. The maximum absolute atomic E-state index is 14.1. The van der Waals surface area contributed by atoms with Crippen molar-refractivity contribution in [2.75, 3.05) is 46.5 Å². The van der Waals surface area contributed by atoms with Crippen LogP contribution in [0.2, 0.25) is 0 Å². The number of methoxy groups -OCH3 is 1. The van der Waals surface area contributed by atoms with Crippen LogP contribution in [-0.4, -0.2) is 57.4 Å². The molecule has 1 heterocycles. The average Bonchev–Trinajstić information content (AvgIpc) is 2.84. The summed E-state index contributed by atoms with van der Waals surface area (Å²) in [7, 11) is 1.66. The van der Waals surface area contributed by atoms with E-state index in [-0.39, 0.29) is 18.4 Å². The summed E-state index contributed by atoms with van der Waals surface area (Å²) in [6.07, 6.45) is 0. The largest absolute Gasteiger partial charge is 0.497 e. The summed E-state index contributed by atoms with van der Waals surface area (Å²) < 4.78 is 25.0. The minimum Gasteiger partial charge on any atom is -0.497 e. The van der Waals surface area contributed by atoms with E-state index in [1.54, 1.807) is 7.11 Å². The standard InChI is InChI=1S/C24H30FN5O2/c1-3-27-24(28-16-20-14-18(15-26)4-9-22(20)25)29-17-23(30-10-12-32-13-11-30)19-5-7-21(31-2)8-6-19/h4-9,14,23H,3,10-13,16-17H2,1-2H3,(H2,27,28,29). The van der Waals surface area contributed by atoms with Gasteiger partial charge in [0.1, 0.15) is 11.6 Å². The topological polar surface area (TPSA) is 81.9 Å². The number of rotatable bonds is 8. The number of guanidine groups is 1. The van der Waals surface area contributed by atoms with Crippen LogP contribution in [0.5, 0.6) is 5.75 Å². The Morgan fingerprint density at radius 1 is 1.22 bits per heavy atom. The van der Waals surface area contributed by atoms with Gasteiger partial charge in [-0.1, -0.05) is 12.1 Å². The van der Waals surface area contributed by atoms with E-state index in [1.165, 1.54) is 23.8 Å². The Bertz CT molecular complexity index is 936. The zero-order valence-corrected chi connectivity index (χ0v) is 18.6. The molecule has 1 unspecified atom stereocenters. The molecule has 1 aliphatic heterocycles. The van der Waals surface area contributed by atoms with Gasteiger partial charge >= 0.3 is 0 Å². The molecule has 32 heavy (non-hydrogen) atoms. The zero-order chi connectivity index (χ0) is 22.8. The van der Waals surface area contributed by atoms with Gasteiger partial charge in [0.2, 0.25) is 0 Å². The molecule has 2 aromatic rings. The van der Waals surface area contributed by atoms with Gasteiger partial charge in [0, 0.05) is 31.7 Å². The van der Waals surface area contributed by atoms with Crippen LogP contribution in [0, 0.1) is 17.1 Å². The summed E-state index contributed by atoms with van der Waals surface area (Å²) in [4.78, 5) is 6.93. The van der Waals surface area contributed by atoms with Crippen LogP contribution < -0.4 is 15.4 Å². The highest BCUT2D eigenvalue weighted by atomic mass is 19.1. The maximum Gasteiger partial charge on any atom is 0.191 e. The summed E-state index contributed by atoms with van der Waals surface area (Å²) >= 11 is 0. The summed E-state index contributed by atoms with van der Waals surface area (Å²) in [6, 6.07) is 14.6. The van der Waals surface area contributed by atoms with Crippen molar-refractivity contribution in [3.63, 3.8) is 0 Å². The quantitative estimate of drug-likeness (QED) is 0.486. The lowest BCUT2D eigenvalue weighted by molar-refractivity contribution is 0.0170. The molecule has 3 rings (SSSR count). The Labute approximate surface area is 188 Å². The second kappa shape index (κ2) is 12.0. The Morgan fingerprint density at radius 2 is 1.97 bits per heavy atom. The van der Waals surface area contributed by atoms with Crippen LogP contribution in [0.25, 0.3) is 0 Å². The van der Waals surface area contributed by atoms with E-state index in [0.29, 0.717) is 43.4 Å². The van der Waals surface area contributed by atoms with Gasteiger partial charge in [-0.3, -0.25) is 4.90 Å². The lowest BCUT2D eigenvalue weighted by Gasteiger charge is -2.35. The molecule has 1 fully saturated rings. The lowest BCUT2D eigenvalue weighted by Crippen LogP contribution is -2.46. The Kier molecular flexibility index (Phi) is 8.84.